The Labute approximate surface area is 88.8 Å². The molecule has 10 heteroatoms. The molecule has 9 nitrogen and oxygen atoms in total. The molecule has 0 aromatic heterocycles. The quantitative estimate of drug-likeness (QED) is 0.215. The highest BCUT2D eigenvalue weighted by Crippen LogP contribution is 2.34. The van der Waals surface area contributed by atoms with Crippen LogP contribution in [0.2, 0.25) is 0 Å². The van der Waals surface area contributed by atoms with Gasteiger partial charge in [0.25, 0.3) is 15.8 Å². The highest BCUT2D eigenvalue weighted by molar-refractivity contribution is 7.86. The molecular formula is C6H4N4O5S. The van der Waals surface area contributed by atoms with Crippen LogP contribution in [0.4, 0.5) is 11.4 Å². The fraction of sp³-hybridized carbons (Fsp3) is 0. The number of hydrogen-bond acceptors (Lipinski definition) is 5. The zero-order valence-corrected chi connectivity index (χ0v) is 8.33. The number of rotatable bonds is 3. The van der Waals surface area contributed by atoms with Crippen LogP contribution in [0.25, 0.3) is 10.4 Å². The van der Waals surface area contributed by atoms with Gasteiger partial charge in [-0.05, 0) is 11.6 Å². The van der Waals surface area contributed by atoms with Crippen LogP contribution in [-0.4, -0.2) is 17.9 Å². The van der Waals surface area contributed by atoms with Gasteiger partial charge in [0.1, 0.15) is 10.6 Å². The van der Waals surface area contributed by atoms with Gasteiger partial charge in [0.2, 0.25) is 0 Å². The van der Waals surface area contributed by atoms with Crippen LogP contribution in [0.3, 0.4) is 0 Å². The summed E-state index contributed by atoms with van der Waals surface area (Å²) in [6, 6.07) is 2.91. The first kappa shape index (κ1) is 11.9. The molecule has 0 heterocycles. The summed E-state index contributed by atoms with van der Waals surface area (Å²) >= 11 is 0. The number of nitro benzene ring substituents is 1. The first-order valence-corrected chi connectivity index (χ1v) is 5.12. The van der Waals surface area contributed by atoms with Crippen molar-refractivity contribution >= 4 is 21.5 Å². The molecule has 0 radical (unpaired) electrons. The molecule has 1 aromatic rings. The molecule has 0 saturated heterocycles. The van der Waals surface area contributed by atoms with Crippen LogP contribution >= 0.6 is 0 Å². The second kappa shape index (κ2) is 4.14. The van der Waals surface area contributed by atoms with Crippen LogP contribution in [0.1, 0.15) is 0 Å². The topological polar surface area (TPSA) is 146 Å². The van der Waals surface area contributed by atoms with Crippen molar-refractivity contribution in [1.82, 2.24) is 0 Å². The van der Waals surface area contributed by atoms with E-state index in [1.165, 1.54) is 0 Å². The van der Waals surface area contributed by atoms with Crippen LogP contribution < -0.4 is 0 Å². The molecule has 0 aliphatic heterocycles. The maximum Gasteiger partial charge on any atom is 0.295 e. The molecule has 0 aliphatic carbocycles. The third-order valence-electron chi connectivity index (χ3n) is 1.60. The second-order valence-electron chi connectivity index (χ2n) is 2.55. The van der Waals surface area contributed by atoms with Gasteiger partial charge in [0.15, 0.2) is 0 Å². The Kier molecular flexibility index (Phi) is 3.09. The smallest absolute Gasteiger partial charge is 0.282 e. The average molecular weight is 244 g/mol. The minimum atomic E-state index is -4.68. The van der Waals surface area contributed by atoms with Crippen molar-refractivity contribution in [3.8, 4) is 0 Å². The number of azide groups is 1. The molecule has 0 aliphatic rings. The molecule has 0 bridgehead atoms. The Morgan fingerprint density at radius 1 is 1.50 bits per heavy atom. The SMILES string of the molecule is [N-]=[N+]=Nc1c([N+](=O)[O-])cccc1S(=O)(=O)O. The zero-order valence-electron chi connectivity index (χ0n) is 7.51. The van der Waals surface area contributed by atoms with E-state index in [4.69, 9.17) is 10.1 Å². The van der Waals surface area contributed by atoms with Crippen LogP contribution in [0.5, 0.6) is 0 Å². The van der Waals surface area contributed by atoms with Crippen molar-refractivity contribution in [2.75, 3.05) is 0 Å². The van der Waals surface area contributed by atoms with Gasteiger partial charge >= 0.3 is 0 Å². The highest BCUT2D eigenvalue weighted by atomic mass is 32.2. The van der Waals surface area contributed by atoms with Gasteiger partial charge in [0.05, 0.1) is 4.92 Å². The largest absolute Gasteiger partial charge is 0.295 e. The van der Waals surface area contributed by atoms with E-state index in [0.29, 0.717) is 0 Å². The van der Waals surface area contributed by atoms with Gasteiger partial charge in [-0.3, -0.25) is 14.7 Å². The summed E-state index contributed by atoms with van der Waals surface area (Å²) in [7, 11) is -4.68. The van der Waals surface area contributed by atoms with Crippen molar-refractivity contribution in [3.63, 3.8) is 0 Å². The molecule has 0 spiro atoms. The summed E-state index contributed by atoms with van der Waals surface area (Å²) in [4.78, 5) is 11.1. The first-order chi connectivity index (χ1) is 7.38. The van der Waals surface area contributed by atoms with E-state index in [9.17, 15) is 18.5 Å². The van der Waals surface area contributed by atoms with Crippen LogP contribution in [0.15, 0.2) is 28.2 Å². The molecule has 16 heavy (non-hydrogen) atoms. The highest BCUT2D eigenvalue weighted by Gasteiger charge is 2.23. The molecule has 1 rings (SSSR count). The lowest BCUT2D eigenvalue weighted by Gasteiger charge is -2.01. The predicted octanol–water partition coefficient (Wildman–Crippen LogP) is 1.78. The van der Waals surface area contributed by atoms with Crippen LogP contribution in [-0.2, 0) is 10.1 Å². The van der Waals surface area contributed by atoms with Crippen molar-refractivity contribution in [1.29, 1.82) is 0 Å². The van der Waals surface area contributed by atoms with Crippen molar-refractivity contribution in [3.05, 3.63) is 38.8 Å². The normalized spacial score (nSPS) is 10.6. The maximum atomic E-state index is 10.9. The summed E-state index contributed by atoms with van der Waals surface area (Å²) in [5.41, 5.74) is 6.74. The van der Waals surface area contributed by atoms with E-state index in [2.05, 4.69) is 10.0 Å². The number of hydrogen-bond donors (Lipinski definition) is 1. The zero-order chi connectivity index (χ0) is 12.3. The van der Waals surface area contributed by atoms with Gasteiger partial charge in [-0.1, -0.05) is 11.2 Å². The molecule has 0 amide bonds. The third-order valence-corrected chi connectivity index (χ3v) is 2.48. The van der Waals surface area contributed by atoms with Gasteiger partial charge in [-0.2, -0.15) is 8.42 Å². The van der Waals surface area contributed by atoms with E-state index >= 15 is 0 Å². The molecule has 84 valence electrons. The van der Waals surface area contributed by atoms with Crippen molar-refractivity contribution < 1.29 is 17.9 Å². The minimum absolute atomic E-state index is 0.701. The third kappa shape index (κ3) is 2.25. The standard InChI is InChI=1S/C6H4N4O5S/c7-9-8-6-4(10(11)12)2-1-3-5(6)16(13,14)15/h1-3H,(H,13,14,15). The Morgan fingerprint density at radius 3 is 2.56 bits per heavy atom. The van der Waals surface area contributed by atoms with Gasteiger partial charge < -0.3 is 0 Å². The van der Waals surface area contributed by atoms with Gasteiger partial charge in [-0.15, -0.1) is 0 Å². The van der Waals surface area contributed by atoms with E-state index < -0.39 is 31.3 Å². The summed E-state index contributed by atoms with van der Waals surface area (Å²) in [6.45, 7) is 0. The van der Waals surface area contributed by atoms with Crippen molar-refractivity contribution in [2.24, 2.45) is 5.11 Å². The van der Waals surface area contributed by atoms with Crippen LogP contribution in [0, 0.1) is 10.1 Å². The first-order valence-electron chi connectivity index (χ1n) is 3.68. The number of nitrogens with zero attached hydrogens (tertiary/aromatic N) is 4. The van der Waals surface area contributed by atoms with E-state index in [1.807, 2.05) is 0 Å². The second-order valence-corrected chi connectivity index (χ2v) is 3.94. The average Bonchev–Trinajstić information content (AvgIpc) is 2.16. The minimum Gasteiger partial charge on any atom is -0.282 e. The molecule has 0 atom stereocenters. The lowest BCUT2D eigenvalue weighted by molar-refractivity contribution is -0.384. The van der Waals surface area contributed by atoms with Crippen molar-refractivity contribution in [2.45, 2.75) is 4.90 Å². The number of benzene rings is 1. The fourth-order valence-corrected chi connectivity index (χ4v) is 1.65. The van der Waals surface area contributed by atoms with Gasteiger partial charge in [0, 0.05) is 11.0 Å². The lowest BCUT2D eigenvalue weighted by atomic mass is 10.3. The molecule has 1 N–H and O–H groups in total. The summed E-state index contributed by atoms with van der Waals surface area (Å²) < 4.78 is 30.5. The Hall–Kier alpha value is -2.16. The molecule has 0 fully saturated rings. The monoisotopic (exact) mass is 244 g/mol. The maximum absolute atomic E-state index is 10.9. The fourth-order valence-electron chi connectivity index (χ4n) is 1.01. The Bertz CT molecular complexity index is 589. The lowest BCUT2D eigenvalue weighted by Crippen LogP contribution is -2.00. The van der Waals surface area contributed by atoms with Gasteiger partial charge in [-0.25, -0.2) is 0 Å². The summed E-state index contributed by atoms with van der Waals surface area (Å²) in [5.74, 6) is 0. The predicted molar refractivity (Wildman–Crippen MR) is 51.7 cm³/mol. The molecule has 1 aromatic carbocycles. The van der Waals surface area contributed by atoms with E-state index in [0.717, 1.165) is 18.2 Å². The Balaban J connectivity index is 3.71. The molecule has 0 saturated carbocycles. The molecular weight excluding hydrogens is 240 g/mol. The van der Waals surface area contributed by atoms with E-state index in [-0.39, 0.29) is 0 Å². The Morgan fingerprint density at radius 2 is 2.12 bits per heavy atom. The summed E-state index contributed by atoms with van der Waals surface area (Å²) in [5, 5.41) is 13.4. The summed E-state index contributed by atoms with van der Waals surface area (Å²) in [6.07, 6.45) is 0. The van der Waals surface area contributed by atoms with E-state index in [1.54, 1.807) is 0 Å². The molecule has 0 unspecified atom stereocenters. The number of nitro groups is 1.